The van der Waals surface area contributed by atoms with Gasteiger partial charge in [-0.2, -0.15) is 15.8 Å². The SMILES string of the molecule is C=C(C#N)C#N.C=C(C#N)C(=O)O. The van der Waals surface area contributed by atoms with Gasteiger partial charge in [-0.05, 0) is 0 Å². The lowest BCUT2D eigenvalue weighted by molar-refractivity contribution is -0.132. The first-order valence-electron chi connectivity index (χ1n) is 2.81. The van der Waals surface area contributed by atoms with E-state index in [0.29, 0.717) is 0 Å². The minimum atomic E-state index is -1.26. The van der Waals surface area contributed by atoms with E-state index in [1.807, 2.05) is 0 Å². The smallest absolute Gasteiger partial charge is 0.345 e. The monoisotopic (exact) mass is 175 g/mol. The average Bonchev–Trinajstić information content (AvgIpc) is 2.16. The number of carbonyl (C=O) groups is 1. The lowest BCUT2D eigenvalue weighted by Gasteiger charge is -1.76. The van der Waals surface area contributed by atoms with Crippen LogP contribution in [-0.4, -0.2) is 11.1 Å². The number of rotatable bonds is 1. The van der Waals surface area contributed by atoms with Gasteiger partial charge >= 0.3 is 5.97 Å². The third-order valence-corrected chi connectivity index (χ3v) is 0.663. The van der Waals surface area contributed by atoms with Crippen LogP contribution in [0.2, 0.25) is 0 Å². The molecule has 0 aliphatic rings. The number of aliphatic carboxylic acids is 1. The molecule has 0 spiro atoms. The molecular weight excluding hydrogens is 170 g/mol. The van der Waals surface area contributed by atoms with Gasteiger partial charge in [-0.3, -0.25) is 0 Å². The van der Waals surface area contributed by atoms with Crippen molar-refractivity contribution in [1.82, 2.24) is 0 Å². The molecule has 0 unspecified atom stereocenters. The summed E-state index contributed by atoms with van der Waals surface area (Å²) < 4.78 is 0. The summed E-state index contributed by atoms with van der Waals surface area (Å²) in [6.07, 6.45) is 0. The minimum absolute atomic E-state index is 0.0463. The summed E-state index contributed by atoms with van der Waals surface area (Å²) in [6, 6.07) is 4.49. The molecule has 64 valence electrons. The first-order valence-corrected chi connectivity index (χ1v) is 2.81. The van der Waals surface area contributed by atoms with Crippen LogP contribution in [0.5, 0.6) is 0 Å². The van der Waals surface area contributed by atoms with Crippen LogP contribution in [0.1, 0.15) is 0 Å². The van der Waals surface area contributed by atoms with Crippen LogP contribution in [0.3, 0.4) is 0 Å². The van der Waals surface area contributed by atoms with E-state index >= 15 is 0 Å². The van der Waals surface area contributed by atoms with Crippen molar-refractivity contribution in [3.63, 3.8) is 0 Å². The Morgan fingerprint density at radius 3 is 1.46 bits per heavy atom. The Morgan fingerprint density at radius 1 is 1.08 bits per heavy atom. The number of nitriles is 3. The maximum Gasteiger partial charge on any atom is 0.345 e. The van der Waals surface area contributed by atoms with Crippen molar-refractivity contribution in [1.29, 1.82) is 15.8 Å². The van der Waals surface area contributed by atoms with Gasteiger partial charge in [0, 0.05) is 0 Å². The van der Waals surface area contributed by atoms with E-state index < -0.39 is 11.5 Å². The molecule has 0 atom stereocenters. The molecule has 0 rings (SSSR count). The Bertz CT molecular complexity index is 333. The van der Waals surface area contributed by atoms with E-state index in [2.05, 4.69) is 13.2 Å². The number of hydrogen-bond acceptors (Lipinski definition) is 4. The Kier molecular flexibility index (Phi) is 7.55. The molecule has 0 aromatic rings. The van der Waals surface area contributed by atoms with Gasteiger partial charge in [0.25, 0.3) is 0 Å². The van der Waals surface area contributed by atoms with Crippen LogP contribution in [0.15, 0.2) is 24.3 Å². The molecule has 0 saturated heterocycles. The Labute approximate surface area is 75.1 Å². The topological polar surface area (TPSA) is 109 Å². The van der Waals surface area contributed by atoms with E-state index in [1.54, 1.807) is 12.1 Å². The van der Waals surface area contributed by atoms with Crippen molar-refractivity contribution in [3.8, 4) is 18.2 Å². The van der Waals surface area contributed by atoms with Gasteiger partial charge in [0.1, 0.15) is 29.4 Å². The molecule has 0 radical (unpaired) electrons. The summed E-state index contributed by atoms with van der Waals surface area (Å²) >= 11 is 0. The number of allylic oxidation sites excluding steroid dienone is 1. The molecule has 0 aliphatic carbocycles. The van der Waals surface area contributed by atoms with E-state index in [0.717, 1.165) is 0 Å². The van der Waals surface area contributed by atoms with Crippen LogP contribution >= 0.6 is 0 Å². The highest BCUT2D eigenvalue weighted by molar-refractivity contribution is 5.90. The highest BCUT2D eigenvalue weighted by Crippen LogP contribution is 1.81. The Morgan fingerprint density at radius 2 is 1.46 bits per heavy atom. The zero-order chi connectivity index (χ0) is 10.9. The standard InChI is InChI=1S/C4H2N2.C4H3NO2/c1-4(2-5)3-6;1-3(2-5)4(6)7/h1H2;1H2,(H,6,7). The van der Waals surface area contributed by atoms with Crippen LogP contribution in [0, 0.1) is 34.0 Å². The molecule has 0 aromatic carbocycles. The van der Waals surface area contributed by atoms with Crippen molar-refractivity contribution in [3.05, 3.63) is 24.3 Å². The largest absolute Gasteiger partial charge is 0.477 e. The van der Waals surface area contributed by atoms with Gasteiger partial charge in [-0.1, -0.05) is 13.2 Å². The van der Waals surface area contributed by atoms with E-state index in [9.17, 15) is 4.79 Å². The fourth-order valence-corrected chi connectivity index (χ4v) is 0.0728. The first kappa shape index (κ1) is 13.0. The molecule has 0 heterocycles. The number of nitrogens with zero attached hydrogens (tertiary/aromatic N) is 3. The zero-order valence-electron chi connectivity index (χ0n) is 6.61. The molecule has 0 amide bonds. The van der Waals surface area contributed by atoms with Gasteiger partial charge in [0.05, 0.1) is 0 Å². The fourth-order valence-electron chi connectivity index (χ4n) is 0.0728. The second-order valence-corrected chi connectivity index (χ2v) is 1.60. The molecule has 0 aliphatic heterocycles. The van der Waals surface area contributed by atoms with Gasteiger partial charge in [0.2, 0.25) is 0 Å². The quantitative estimate of drug-likeness (QED) is 0.467. The lowest BCUT2D eigenvalue weighted by atomic mass is 10.4. The molecule has 13 heavy (non-hydrogen) atoms. The second-order valence-electron chi connectivity index (χ2n) is 1.60. The number of carboxylic acids is 1. The number of carboxylic acid groups (broad SMARTS) is 1. The van der Waals surface area contributed by atoms with Crippen LogP contribution in [0.4, 0.5) is 0 Å². The molecule has 0 saturated carbocycles. The van der Waals surface area contributed by atoms with Gasteiger partial charge in [0.15, 0.2) is 0 Å². The predicted octanol–water partition coefficient (Wildman–Crippen LogP) is 0.741. The summed E-state index contributed by atoms with van der Waals surface area (Å²) in [4.78, 5) is 9.61. The van der Waals surface area contributed by atoms with Gasteiger partial charge in [-0.15, -0.1) is 0 Å². The average molecular weight is 175 g/mol. The summed E-state index contributed by atoms with van der Waals surface area (Å²) in [5.41, 5.74) is -0.477. The van der Waals surface area contributed by atoms with Crippen molar-refractivity contribution in [2.24, 2.45) is 0 Å². The Balaban J connectivity index is 0. The molecule has 0 aromatic heterocycles. The maximum absolute atomic E-state index is 9.61. The highest BCUT2D eigenvalue weighted by atomic mass is 16.4. The predicted molar refractivity (Wildman–Crippen MR) is 42.8 cm³/mol. The molecule has 1 N–H and O–H groups in total. The highest BCUT2D eigenvalue weighted by Gasteiger charge is 1.97. The third kappa shape index (κ3) is 9.42. The minimum Gasteiger partial charge on any atom is -0.477 e. The van der Waals surface area contributed by atoms with Gasteiger partial charge < -0.3 is 5.11 Å². The van der Waals surface area contributed by atoms with Gasteiger partial charge in [-0.25, -0.2) is 4.79 Å². The summed E-state index contributed by atoms with van der Waals surface area (Å²) in [7, 11) is 0. The molecule has 0 bridgehead atoms. The fraction of sp³-hybridized carbons (Fsp3) is 0. The normalized spacial score (nSPS) is 5.92. The maximum atomic E-state index is 9.61. The lowest BCUT2D eigenvalue weighted by Crippen LogP contribution is -1.94. The first-order chi connectivity index (χ1) is 5.99. The van der Waals surface area contributed by atoms with Crippen molar-refractivity contribution in [2.75, 3.05) is 0 Å². The van der Waals surface area contributed by atoms with Crippen molar-refractivity contribution in [2.45, 2.75) is 0 Å². The number of hydrogen-bond donors (Lipinski definition) is 1. The summed E-state index contributed by atoms with van der Waals surface area (Å²) in [5, 5.41) is 31.2. The third-order valence-electron chi connectivity index (χ3n) is 0.663. The summed E-state index contributed by atoms with van der Waals surface area (Å²) in [5.74, 6) is -1.26. The van der Waals surface area contributed by atoms with Crippen molar-refractivity contribution < 1.29 is 9.90 Å². The van der Waals surface area contributed by atoms with Crippen LogP contribution in [0.25, 0.3) is 0 Å². The van der Waals surface area contributed by atoms with Crippen LogP contribution < -0.4 is 0 Å². The molecule has 0 fully saturated rings. The van der Waals surface area contributed by atoms with E-state index in [1.165, 1.54) is 6.07 Å². The Hall–Kier alpha value is -2.58. The molecule has 5 heteroatoms. The van der Waals surface area contributed by atoms with E-state index in [4.69, 9.17) is 20.9 Å². The van der Waals surface area contributed by atoms with E-state index in [-0.39, 0.29) is 5.57 Å². The molecular formula is C8H5N3O2. The second kappa shape index (κ2) is 7.53. The molecule has 5 nitrogen and oxygen atoms in total. The van der Waals surface area contributed by atoms with Crippen molar-refractivity contribution >= 4 is 5.97 Å². The summed E-state index contributed by atoms with van der Waals surface area (Å²) in [6.45, 7) is 5.98. The van der Waals surface area contributed by atoms with Crippen LogP contribution in [-0.2, 0) is 4.79 Å². The zero-order valence-corrected chi connectivity index (χ0v) is 6.61.